The molecule has 144 valence electrons. The number of para-hydroxylation sites is 2. The molecule has 1 amide bonds. The van der Waals surface area contributed by atoms with Crippen LogP contribution in [-0.4, -0.2) is 45.2 Å². The first-order valence-electron chi connectivity index (χ1n) is 9.61. The van der Waals surface area contributed by atoms with Gasteiger partial charge in [0, 0.05) is 30.8 Å². The molecule has 3 aromatic rings. The Kier molecular flexibility index (Phi) is 5.23. The lowest BCUT2D eigenvalue weighted by atomic mass is 10.1. The number of nitrogens with zero attached hydrogens (tertiary/aromatic N) is 3. The minimum atomic E-state index is -0.553. The van der Waals surface area contributed by atoms with E-state index in [2.05, 4.69) is 34.6 Å². The monoisotopic (exact) mass is 376 g/mol. The van der Waals surface area contributed by atoms with Gasteiger partial charge in [0.05, 0.1) is 11.0 Å². The maximum absolute atomic E-state index is 11.3. The zero-order chi connectivity index (χ0) is 19.5. The molecule has 2 aromatic carbocycles. The summed E-state index contributed by atoms with van der Waals surface area (Å²) in [5, 5.41) is 8.66. The molecule has 2 heterocycles. The van der Waals surface area contributed by atoms with Crippen molar-refractivity contribution in [3.63, 3.8) is 0 Å². The van der Waals surface area contributed by atoms with Crippen molar-refractivity contribution in [2.75, 3.05) is 19.6 Å². The van der Waals surface area contributed by atoms with Crippen LogP contribution in [0.4, 0.5) is 0 Å². The van der Waals surface area contributed by atoms with E-state index >= 15 is 0 Å². The Morgan fingerprint density at radius 2 is 2.14 bits per heavy atom. The number of carbonyl (C=O) groups is 1. The Hall–Kier alpha value is -2.96. The summed E-state index contributed by atoms with van der Waals surface area (Å²) in [5.41, 5.74) is 5.64. The minimum Gasteiger partial charge on any atom is -0.319 e. The van der Waals surface area contributed by atoms with Crippen molar-refractivity contribution >= 4 is 23.0 Å². The van der Waals surface area contributed by atoms with Gasteiger partial charge in [-0.2, -0.15) is 0 Å². The lowest BCUT2D eigenvalue weighted by Gasteiger charge is -2.18. The normalized spacial score (nSPS) is 17.6. The third kappa shape index (κ3) is 3.56. The van der Waals surface area contributed by atoms with Crippen molar-refractivity contribution in [3.05, 3.63) is 60.2 Å². The molecule has 1 atom stereocenters. The molecule has 1 fully saturated rings. The number of hydrogen-bond acceptors (Lipinski definition) is 4. The zero-order valence-corrected chi connectivity index (χ0v) is 15.9. The molecular weight excluding hydrogens is 352 g/mol. The average Bonchev–Trinajstić information content (AvgIpc) is 3.36. The summed E-state index contributed by atoms with van der Waals surface area (Å²) in [4.78, 5) is 18.7. The Morgan fingerprint density at radius 1 is 1.29 bits per heavy atom. The molecule has 0 aliphatic carbocycles. The molecule has 0 saturated carbocycles. The van der Waals surface area contributed by atoms with Gasteiger partial charge in [-0.25, -0.2) is 10.5 Å². The fourth-order valence-electron chi connectivity index (χ4n) is 3.92. The first kappa shape index (κ1) is 18.4. The number of hydroxylamine groups is 1. The number of aromatic nitrogens is 2. The highest BCUT2D eigenvalue weighted by Crippen LogP contribution is 2.33. The largest absolute Gasteiger partial charge is 0.319 e. The first-order valence-corrected chi connectivity index (χ1v) is 9.61. The van der Waals surface area contributed by atoms with E-state index in [9.17, 15) is 4.79 Å². The third-order valence-corrected chi connectivity index (χ3v) is 5.34. The van der Waals surface area contributed by atoms with Gasteiger partial charge in [0.1, 0.15) is 5.82 Å². The summed E-state index contributed by atoms with van der Waals surface area (Å²) in [6.07, 6.45) is 4.09. The van der Waals surface area contributed by atoms with E-state index in [4.69, 9.17) is 10.2 Å². The highest BCUT2D eigenvalue weighted by atomic mass is 16.5. The smallest absolute Gasteiger partial charge is 0.267 e. The van der Waals surface area contributed by atoms with Crippen molar-refractivity contribution in [2.24, 2.45) is 0 Å². The van der Waals surface area contributed by atoms with Crippen molar-refractivity contribution in [1.82, 2.24) is 19.9 Å². The van der Waals surface area contributed by atoms with Gasteiger partial charge >= 0.3 is 0 Å². The Bertz CT molecular complexity index is 1020. The van der Waals surface area contributed by atoms with Gasteiger partial charge in [0.25, 0.3) is 5.91 Å². The second kappa shape index (κ2) is 7.96. The predicted octanol–water partition coefficient (Wildman–Crippen LogP) is 3.49. The van der Waals surface area contributed by atoms with Crippen LogP contribution in [0.5, 0.6) is 0 Å². The van der Waals surface area contributed by atoms with Crippen LogP contribution in [0.15, 0.2) is 54.6 Å². The van der Waals surface area contributed by atoms with Crippen molar-refractivity contribution in [2.45, 2.75) is 19.4 Å². The van der Waals surface area contributed by atoms with Gasteiger partial charge in [-0.15, -0.1) is 0 Å². The molecule has 1 saturated heterocycles. The molecule has 0 spiro atoms. The summed E-state index contributed by atoms with van der Waals surface area (Å²) in [7, 11) is 0. The standard InChI is InChI=1S/C22H24N4O2/c1-2-25-13-12-18(15-25)26-20-9-4-3-8-19(20)23-22(26)17-7-5-6-16(14-17)10-11-21(27)24-28/h3-11,14,18,28H,2,12-13,15H2,1H3,(H,24,27). The molecule has 6 nitrogen and oxygen atoms in total. The number of hydrogen-bond donors (Lipinski definition) is 2. The van der Waals surface area contributed by atoms with Crippen molar-refractivity contribution < 1.29 is 10.0 Å². The highest BCUT2D eigenvalue weighted by molar-refractivity contribution is 5.91. The van der Waals surface area contributed by atoms with Crippen LogP contribution in [0.1, 0.15) is 24.9 Å². The fourth-order valence-corrected chi connectivity index (χ4v) is 3.92. The molecule has 4 rings (SSSR count). The van der Waals surface area contributed by atoms with Crippen LogP contribution >= 0.6 is 0 Å². The molecule has 1 unspecified atom stereocenters. The van der Waals surface area contributed by atoms with E-state index in [-0.39, 0.29) is 0 Å². The third-order valence-electron chi connectivity index (χ3n) is 5.34. The van der Waals surface area contributed by atoms with Crippen LogP contribution in [0.3, 0.4) is 0 Å². The maximum atomic E-state index is 11.3. The highest BCUT2D eigenvalue weighted by Gasteiger charge is 2.26. The average molecular weight is 376 g/mol. The summed E-state index contributed by atoms with van der Waals surface area (Å²) in [6, 6.07) is 16.6. The number of imidazole rings is 1. The number of fused-ring (bicyclic) bond motifs is 1. The SMILES string of the molecule is CCN1CCC(n2c(-c3cccc(C=CC(=O)NO)c3)nc3ccccc32)C1. The molecule has 6 heteroatoms. The van der Waals surface area contributed by atoms with Crippen molar-refractivity contribution in [3.8, 4) is 11.4 Å². The molecular formula is C22H24N4O2. The second-order valence-electron chi connectivity index (χ2n) is 7.06. The second-order valence-corrected chi connectivity index (χ2v) is 7.06. The number of nitrogens with one attached hydrogen (secondary N) is 1. The Morgan fingerprint density at radius 3 is 2.93 bits per heavy atom. The van der Waals surface area contributed by atoms with E-state index in [1.54, 1.807) is 11.6 Å². The topological polar surface area (TPSA) is 70.4 Å². The summed E-state index contributed by atoms with van der Waals surface area (Å²) in [5.74, 6) is 0.397. The van der Waals surface area contributed by atoms with E-state index in [1.807, 2.05) is 30.3 Å². The van der Waals surface area contributed by atoms with Crippen LogP contribution in [-0.2, 0) is 4.79 Å². The van der Waals surface area contributed by atoms with Crippen LogP contribution in [0.2, 0.25) is 0 Å². The van der Waals surface area contributed by atoms with Crippen LogP contribution in [0, 0.1) is 0 Å². The first-order chi connectivity index (χ1) is 13.7. The van der Waals surface area contributed by atoms with Gasteiger partial charge in [-0.3, -0.25) is 10.0 Å². The summed E-state index contributed by atoms with van der Waals surface area (Å²) < 4.78 is 2.37. The number of likely N-dealkylation sites (N-methyl/N-ethyl adjacent to an activating group) is 1. The molecule has 1 aliphatic rings. The van der Waals surface area contributed by atoms with Gasteiger partial charge in [0.15, 0.2) is 0 Å². The fraction of sp³-hybridized carbons (Fsp3) is 0.273. The van der Waals surface area contributed by atoms with E-state index in [0.717, 1.165) is 54.0 Å². The molecule has 0 bridgehead atoms. The summed E-state index contributed by atoms with van der Waals surface area (Å²) in [6.45, 7) is 5.39. The molecule has 1 aromatic heterocycles. The Balaban J connectivity index is 1.78. The van der Waals surface area contributed by atoms with E-state index in [1.165, 1.54) is 6.08 Å². The molecule has 2 N–H and O–H groups in total. The predicted molar refractivity (Wildman–Crippen MR) is 110 cm³/mol. The number of benzene rings is 2. The van der Waals surface area contributed by atoms with E-state index in [0.29, 0.717) is 6.04 Å². The van der Waals surface area contributed by atoms with Crippen molar-refractivity contribution in [1.29, 1.82) is 0 Å². The molecule has 1 aliphatic heterocycles. The number of amides is 1. The van der Waals surface area contributed by atoms with Gasteiger partial charge < -0.3 is 9.47 Å². The lowest BCUT2D eigenvalue weighted by Crippen LogP contribution is -2.21. The zero-order valence-electron chi connectivity index (χ0n) is 15.9. The lowest BCUT2D eigenvalue weighted by molar-refractivity contribution is -0.124. The molecule has 0 radical (unpaired) electrons. The Labute approximate surface area is 164 Å². The summed E-state index contributed by atoms with van der Waals surface area (Å²) >= 11 is 0. The van der Waals surface area contributed by atoms with Gasteiger partial charge in [-0.1, -0.05) is 37.3 Å². The maximum Gasteiger partial charge on any atom is 0.267 e. The van der Waals surface area contributed by atoms with E-state index < -0.39 is 5.91 Å². The number of carbonyl (C=O) groups excluding carboxylic acids is 1. The van der Waals surface area contributed by atoms with Gasteiger partial charge in [-0.05, 0) is 42.8 Å². The number of rotatable bonds is 5. The van der Waals surface area contributed by atoms with Crippen LogP contribution in [0.25, 0.3) is 28.5 Å². The molecule has 28 heavy (non-hydrogen) atoms. The van der Waals surface area contributed by atoms with Crippen LogP contribution < -0.4 is 5.48 Å². The number of likely N-dealkylation sites (tertiary alicyclic amines) is 1. The minimum absolute atomic E-state index is 0.390. The quantitative estimate of drug-likeness (QED) is 0.406. The van der Waals surface area contributed by atoms with Gasteiger partial charge in [0.2, 0.25) is 0 Å².